The van der Waals surface area contributed by atoms with Crippen LogP contribution in [0.5, 0.6) is 0 Å². The van der Waals surface area contributed by atoms with Crippen LogP contribution in [-0.4, -0.2) is 12.2 Å². The molecule has 5 nitrogen and oxygen atoms in total. The monoisotopic (exact) mass is 245 g/mol. The van der Waals surface area contributed by atoms with E-state index >= 15 is 0 Å². The minimum absolute atomic E-state index is 0.229. The van der Waals surface area contributed by atoms with Gasteiger partial charge in [-0.15, -0.1) is 0 Å². The molecule has 5 N–H and O–H groups in total. The fraction of sp³-hybridized carbons (Fsp3) is 0.111. The van der Waals surface area contributed by atoms with Gasteiger partial charge >= 0.3 is 6.18 Å². The van der Waals surface area contributed by atoms with Gasteiger partial charge in [-0.25, -0.2) is 11.3 Å². The highest BCUT2D eigenvalue weighted by Crippen LogP contribution is 2.28. The molecule has 0 aliphatic rings. The SMILES string of the molecule is N=C(NN)N/N=C/c1ccc(C(F)(F)F)cc1. The first-order valence-corrected chi connectivity index (χ1v) is 4.45. The number of nitrogens with one attached hydrogen (secondary N) is 3. The molecule has 1 aromatic carbocycles. The van der Waals surface area contributed by atoms with E-state index in [4.69, 9.17) is 11.3 Å². The van der Waals surface area contributed by atoms with Gasteiger partial charge in [0, 0.05) is 0 Å². The van der Waals surface area contributed by atoms with Crippen LogP contribution >= 0.6 is 0 Å². The highest BCUT2D eigenvalue weighted by atomic mass is 19.4. The molecule has 0 heterocycles. The van der Waals surface area contributed by atoms with Crippen LogP contribution in [0, 0.1) is 5.41 Å². The normalized spacial score (nSPS) is 11.5. The zero-order valence-corrected chi connectivity index (χ0v) is 8.55. The molecule has 0 unspecified atom stereocenters. The molecule has 0 fully saturated rings. The highest BCUT2D eigenvalue weighted by molar-refractivity contribution is 5.82. The second-order valence-electron chi connectivity index (χ2n) is 3.01. The van der Waals surface area contributed by atoms with Gasteiger partial charge in [-0.05, 0) is 17.7 Å². The first kappa shape index (κ1) is 13.0. The third kappa shape index (κ3) is 4.11. The van der Waals surface area contributed by atoms with Gasteiger partial charge in [0.25, 0.3) is 0 Å². The summed E-state index contributed by atoms with van der Waals surface area (Å²) in [7, 11) is 0. The number of alkyl halides is 3. The average Bonchev–Trinajstić information content (AvgIpc) is 2.28. The lowest BCUT2D eigenvalue weighted by Gasteiger charge is -2.05. The molecule has 8 heteroatoms. The summed E-state index contributed by atoms with van der Waals surface area (Å²) in [5.41, 5.74) is 3.95. The summed E-state index contributed by atoms with van der Waals surface area (Å²) in [6, 6.07) is 4.45. The Morgan fingerprint density at radius 3 is 2.35 bits per heavy atom. The molecule has 1 aromatic rings. The Morgan fingerprint density at radius 1 is 1.29 bits per heavy atom. The minimum Gasteiger partial charge on any atom is -0.293 e. The smallest absolute Gasteiger partial charge is 0.293 e. The molecule has 0 saturated carbocycles. The van der Waals surface area contributed by atoms with Crippen LogP contribution in [0.1, 0.15) is 11.1 Å². The zero-order chi connectivity index (χ0) is 12.9. The summed E-state index contributed by atoms with van der Waals surface area (Å²) in [6.45, 7) is 0. The summed E-state index contributed by atoms with van der Waals surface area (Å²) in [5, 5.41) is 10.6. The Balaban J connectivity index is 2.66. The average molecular weight is 245 g/mol. The van der Waals surface area contributed by atoms with Crippen LogP contribution in [0.3, 0.4) is 0 Å². The Bertz CT molecular complexity index is 410. The molecule has 0 spiro atoms. The van der Waals surface area contributed by atoms with Gasteiger partial charge in [0.15, 0.2) is 0 Å². The van der Waals surface area contributed by atoms with Crippen molar-refractivity contribution in [2.45, 2.75) is 6.18 Å². The van der Waals surface area contributed by atoms with E-state index in [1.807, 2.05) is 5.43 Å². The van der Waals surface area contributed by atoms with Crippen molar-refractivity contribution < 1.29 is 13.2 Å². The predicted octanol–water partition coefficient (Wildman–Crippen LogP) is 1.03. The van der Waals surface area contributed by atoms with Crippen molar-refractivity contribution in [3.05, 3.63) is 35.4 Å². The molecule has 0 aliphatic carbocycles. The second-order valence-corrected chi connectivity index (χ2v) is 3.01. The van der Waals surface area contributed by atoms with Crippen molar-refractivity contribution in [2.75, 3.05) is 0 Å². The van der Waals surface area contributed by atoms with Crippen molar-refractivity contribution in [2.24, 2.45) is 10.9 Å². The van der Waals surface area contributed by atoms with Gasteiger partial charge in [0.2, 0.25) is 5.96 Å². The van der Waals surface area contributed by atoms with E-state index in [-0.39, 0.29) is 5.96 Å². The van der Waals surface area contributed by atoms with Crippen molar-refractivity contribution in [1.29, 1.82) is 5.41 Å². The Kier molecular flexibility index (Phi) is 4.05. The van der Waals surface area contributed by atoms with Crippen LogP contribution in [0.15, 0.2) is 29.4 Å². The second kappa shape index (κ2) is 5.30. The zero-order valence-electron chi connectivity index (χ0n) is 8.55. The first-order chi connectivity index (χ1) is 7.93. The molecule has 0 saturated heterocycles. The predicted molar refractivity (Wildman–Crippen MR) is 57.2 cm³/mol. The Hall–Kier alpha value is -2.09. The summed E-state index contributed by atoms with van der Waals surface area (Å²) in [6.07, 6.45) is -3.08. The third-order valence-corrected chi connectivity index (χ3v) is 1.77. The molecule has 17 heavy (non-hydrogen) atoms. The summed E-state index contributed by atoms with van der Waals surface area (Å²) < 4.78 is 36.7. The van der Waals surface area contributed by atoms with Gasteiger partial charge in [-0.2, -0.15) is 18.3 Å². The highest BCUT2D eigenvalue weighted by Gasteiger charge is 2.29. The van der Waals surface area contributed by atoms with E-state index in [9.17, 15) is 13.2 Å². The van der Waals surface area contributed by atoms with Crippen molar-refractivity contribution in [3.8, 4) is 0 Å². The number of hydrazone groups is 1. The number of hydrazine groups is 1. The van der Waals surface area contributed by atoms with Crippen molar-refractivity contribution in [1.82, 2.24) is 10.9 Å². The maximum absolute atomic E-state index is 12.2. The fourth-order valence-electron chi connectivity index (χ4n) is 0.962. The number of hydrogen-bond acceptors (Lipinski definition) is 3. The lowest BCUT2D eigenvalue weighted by molar-refractivity contribution is -0.137. The van der Waals surface area contributed by atoms with Crippen molar-refractivity contribution >= 4 is 12.2 Å². The number of rotatable bonds is 2. The number of benzene rings is 1. The molecule has 0 aliphatic heterocycles. The summed E-state index contributed by atoms with van der Waals surface area (Å²) in [5.74, 6) is 4.65. The van der Waals surface area contributed by atoms with E-state index < -0.39 is 11.7 Å². The molecule has 0 bridgehead atoms. The fourth-order valence-corrected chi connectivity index (χ4v) is 0.962. The first-order valence-electron chi connectivity index (χ1n) is 4.45. The van der Waals surface area contributed by atoms with Crippen LogP contribution in [0.4, 0.5) is 13.2 Å². The maximum atomic E-state index is 12.2. The minimum atomic E-state index is -4.35. The molecular weight excluding hydrogens is 235 g/mol. The van der Waals surface area contributed by atoms with Crippen LogP contribution in [0.25, 0.3) is 0 Å². The van der Waals surface area contributed by atoms with Crippen LogP contribution in [-0.2, 0) is 6.18 Å². The number of halogens is 3. The van der Waals surface area contributed by atoms with E-state index in [0.29, 0.717) is 5.56 Å². The number of nitrogens with zero attached hydrogens (tertiary/aromatic N) is 1. The van der Waals surface area contributed by atoms with Gasteiger partial charge in [-0.1, -0.05) is 12.1 Å². The van der Waals surface area contributed by atoms with Gasteiger partial charge in [0.05, 0.1) is 11.8 Å². The standard InChI is InChI=1S/C9H10F3N5/c10-9(11,12)7-3-1-6(2-4-7)5-15-17-8(13)16-14/h1-5H,14H2,(H3,13,16,17)/b15-5+. The lowest BCUT2D eigenvalue weighted by Crippen LogP contribution is -2.38. The summed E-state index contributed by atoms with van der Waals surface area (Å²) in [4.78, 5) is 0. The van der Waals surface area contributed by atoms with Crippen LogP contribution < -0.4 is 16.7 Å². The lowest BCUT2D eigenvalue weighted by atomic mass is 10.1. The van der Waals surface area contributed by atoms with E-state index in [2.05, 4.69) is 10.5 Å². The van der Waals surface area contributed by atoms with E-state index in [1.54, 1.807) is 0 Å². The van der Waals surface area contributed by atoms with Gasteiger partial charge < -0.3 is 0 Å². The van der Waals surface area contributed by atoms with Gasteiger partial charge in [-0.3, -0.25) is 10.8 Å². The van der Waals surface area contributed by atoms with E-state index in [1.165, 1.54) is 18.3 Å². The van der Waals surface area contributed by atoms with Crippen molar-refractivity contribution in [3.63, 3.8) is 0 Å². The third-order valence-electron chi connectivity index (χ3n) is 1.77. The molecule has 0 aromatic heterocycles. The number of guanidine groups is 1. The molecule has 0 atom stereocenters. The number of hydrogen-bond donors (Lipinski definition) is 4. The Labute approximate surface area is 95.0 Å². The van der Waals surface area contributed by atoms with E-state index in [0.717, 1.165) is 12.1 Å². The summed E-state index contributed by atoms with van der Waals surface area (Å²) >= 11 is 0. The largest absolute Gasteiger partial charge is 0.416 e. The topological polar surface area (TPSA) is 86.3 Å². The quantitative estimate of drug-likeness (QED) is 0.271. The molecule has 1 rings (SSSR count). The number of nitrogens with two attached hydrogens (primary N) is 1. The molecular formula is C9H10F3N5. The Morgan fingerprint density at radius 2 is 1.88 bits per heavy atom. The van der Waals surface area contributed by atoms with Gasteiger partial charge in [0.1, 0.15) is 0 Å². The molecule has 92 valence electrons. The van der Waals surface area contributed by atoms with Crippen LogP contribution in [0.2, 0.25) is 0 Å². The molecule has 0 amide bonds. The molecule has 0 radical (unpaired) electrons. The maximum Gasteiger partial charge on any atom is 0.416 e.